The number of aromatic amines is 2. The SMILES string of the molecule is CC(C)C[C@@H]1NC(=O)[C@H](Cc2c[nH]c3ccccc23)NC(=O)[C@H]([C@@H](C)O)NC(=O)[C@@H]2CCCN2C(=O)[C@H]2CCCN2C(=O)[C@H](C)NC(=O)[C@H](C)NC(=O)[C@H](CCCCN)NC(=O)[C@H](CCCCN)NC(=O)[C@H](Cc2c[nH]c3ccccc23)NC(=O)[C@H](CCCN=C(N)N)NC(=O)[C@H](CCCN=C(N)N)NC(=O)[C@H](CCCCN)NC(=O)[C@H](CCCCN)NC1=O. The van der Waals surface area contributed by atoms with Gasteiger partial charge in [-0.1, -0.05) is 50.2 Å². The summed E-state index contributed by atoms with van der Waals surface area (Å²) in [5.41, 5.74) is 49.2. The van der Waals surface area contributed by atoms with Crippen molar-refractivity contribution in [3.63, 3.8) is 0 Å². The Hall–Kier alpha value is -11.6. The molecule has 3 saturated heterocycles. The van der Waals surface area contributed by atoms with Crippen LogP contribution in [-0.2, 0) is 80.0 Å². The number of rotatable bonds is 31. The molecule has 3 aliphatic rings. The molecule has 0 aliphatic carbocycles. The first-order chi connectivity index (χ1) is 59.8. The number of H-pyrrole nitrogens is 2. The molecule has 0 unspecified atom stereocenters. The van der Waals surface area contributed by atoms with E-state index in [0.29, 0.717) is 77.9 Å². The first-order valence-electron chi connectivity index (χ1n) is 43.7. The Labute approximate surface area is 728 Å². The zero-order valence-electron chi connectivity index (χ0n) is 72.5. The first-order valence-corrected chi connectivity index (χ1v) is 43.7. The van der Waals surface area contributed by atoms with E-state index in [2.05, 4.69) is 83.8 Å². The Morgan fingerprint density at radius 2 is 0.712 bits per heavy atom. The van der Waals surface area contributed by atoms with Gasteiger partial charge in [-0.25, -0.2) is 0 Å². The third kappa shape index (κ3) is 31.0. The van der Waals surface area contributed by atoms with Crippen LogP contribution in [0.4, 0.5) is 0 Å². The minimum Gasteiger partial charge on any atom is -0.391 e. The van der Waals surface area contributed by atoms with Gasteiger partial charge in [0.2, 0.25) is 82.7 Å². The third-order valence-corrected chi connectivity index (χ3v) is 22.5. The van der Waals surface area contributed by atoms with Gasteiger partial charge in [0.25, 0.3) is 0 Å². The van der Waals surface area contributed by atoms with Gasteiger partial charge in [0.1, 0.15) is 84.6 Å². The molecule has 3 aliphatic heterocycles. The molecule has 14 amide bonds. The van der Waals surface area contributed by atoms with Crippen LogP contribution in [0, 0.1) is 5.92 Å². The van der Waals surface area contributed by atoms with Gasteiger partial charge in [-0.2, -0.15) is 0 Å². The van der Waals surface area contributed by atoms with E-state index in [1.807, 2.05) is 0 Å². The normalized spacial score (nSPS) is 25.0. The van der Waals surface area contributed by atoms with E-state index in [9.17, 15) is 38.7 Å². The van der Waals surface area contributed by atoms with E-state index in [4.69, 9.17) is 45.9 Å². The van der Waals surface area contributed by atoms with Crippen LogP contribution >= 0.6 is 0 Å². The number of benzene rings is 2. The Morgan fingerprint density at radius 3 is 1.10 bits per heavy atom. The minimum absolute atomic E-state index is 0.00584. The van der Waals surface area contributed by atoms with E-state index < -0.39 is 173 Å². The molecule has 41 nitrogen and oxygen atoms in total. The molecule has 0 saturated carbocycles. The van der Waals surface area contributed by atoms with Crippen LogP contribution in [0.1, 0.15) is 181 Å². The number of amides is 14. The van der Waals surface area contributed by atoms with Crippen molar-refractivity contribution in [2.24, 2.45) is 61.8 Å². The number of fused-ring (bicyclic) bond motifs is 4. The summed E-state index contributed by atoms with van der Waals surface area (Å²) >= 11 is 0. The maximum absolute atomic E-state index is 15.3. The average molecular weight is 1750 g/mol. The molecule has 2 aromatic carbocycles. The molecule has 0 bridgehead atoms. The first kappa shape index (κ1) is 101. The second-order valence-electron chi connectivity index (χ2n) is 32.9. The van der Waals surface area contributed by atoms with Crippen LogP contribution in [0.5, 0.6) is 0 Å². The summed E-state index contributed by atoms with van der Waals surface area (Å²) in [4.78, 5) is 226. The Morgan fingerprint density at radius 1 is 0.384 bits per heavy atom. The largest absolute Gasteiger partial charge is 0.391 e. The lowest BCUT2D eigenvalue weighted by Crippen LogP contribution is -2.62. The number of hydrogen-bond acceptors (Lipinski definition) is 21. The highest BCUT2D eigenvalue weighted by atomic mass is 16.3. The van der Waals surface area contributed by atoms with Crippen LogP contribution in [0.2, 0.25) is 0 Å². The maximum Gasteiger partial charge on any atom is 0.246 e. The molecule has 41 heteroatoms. The molecular formula is C84H134N26O15. The van der Waals surface area contributed by atoms with E-state index in [1.54, 1.807) is 74.8 Å². The average Bonchev–Trinajstić information content (AvgIpc) is 1.67. The second kappa shape index (κ2) is 51.0. The minimum atomic E-state index is -1.75. The lowest BCUT2D eigenvalue weighted by atomic mass is 9.99. The van der Waals surface area contributed by atoms with Crippen LogP contribution in [0.3, 0.4) is 0 Å². The van der Waals surface area contributed by atoms with Crippen molar-refractivity contribution in [1.82, 2.24) is 83.6 Å². The van der Waals surface area contributed by atoms with Crippen molar-refractivity contribution < 1.29 is 72.2 Å². The molecule has 15 atom stereocenters. The van der Waals surface area contributed by atoms with E-state index in [0.717, 1.165) is 0 Å². The summed E-state index contributed by atoms with van der Waals surface area (Å²) in [7, 11) is 0. The molecule has 31 N–H and O–H groups in total. The summed E-state index contributed by atoms with van der Waals surface area (Å²) in [6.07, 6.45) is 4.41. The number of carbonyl (C=O) groups is 14. The zero-order valence-corrected chi connectivity index (χ0v) is 72.5. The molecule has 5 heterocycles. The van der Waals surface area contributed by atoms with Gasteiger partial charge >= 0.3 is 0 Å². The smallest absolute Gasteiger partial charge is 0.246 e. The summed E-state index contributed by atoms with van der Waals surface area (Å²) in [5, 5.41) is 45.8. The highest BCUT2D eigenvalue weighted by Crippen LogP contribution is 2.28. The molecule has 690 valence electrons. The number of unbranched alkanes of at least 4 members (excludes halogenated alkanes) is 4. The molecule has 7 rings (SSSR count). The molecule has 125 heavy (non-hydrogen) atoms. The number of hydrogen-bond donors (Lipinski definition) is 23. The number of aromatic nitrogens is 2. The molecule has 4 aromatic rings. The number of aliphatic imine (C=N–C) groups is 2. The van der Waals surface area contributed by atoms with Gasteiger partial charge in [-0.05, 0) is 211 Å². The number of nitrogens with two attached hydrogens (primary N) is 8. The van der Waals surface area contributed by atoms with Gasteiger partial charge in [0.05, 0.1) is 6.10 Å². The molecule has 0 radical (unpaired) electrons. The van der Waals surface area contributed by atoms with Crippen molar-refractivity contribution in [2.45, 2.75) is 273 Å². The number of guanidine groups is 2. The fraction of sp³-hybridized carbons (Fsp3) is 0.619. The zero-order chi connectivity index (χ0) is 91.4. The molecule has 3 fully saturated rings. The van der Waals surface area contributed by atoms with Gasteiger partial charge < -0.3 is 135 Å². The predicted octanol–water partition coefficient (Wildman–Crippen LogP) is -3.66. The molecular weight excluding hydrogens is 1610 g/mol. The summed E-state index contributed by atoms with van der Waals surface area (Å²) < 4.78 is 0. The Balaban J connectivity index is 1.31. The number of carbonyl (C=O) groups excluding carboxylic acids is 14. The summed E-state index contributed by atoms with van der Waals surface area (Å²) in [6, 6.07) is -5.55. The Bertz CT molecular complexity index is 4350. The summed E-state index contributed by atoms with van der Waals surface area (Å²) in [6.45, 7) is 8.42. The highest BCUT2D eigenvalue weighted by Gasteiger charge is 2.46. The van der Waals surface area contributed by atoms with E-state index in [1.165, 1.54) is 30.6 Å². The van der Waals surface area contributed by atoms with Crippen LogP contribution in [0.15, 0.2) is 70.9 Å². The monoisotopic (exact) mass is 1750 g/mol. The lowest BCUT2D eigenvalue weighted by Gasteiger charge is -2.33. The van der Waals surface area contributed by atoms with Crippen LogP contribution in [-0.4, -0.2) is 263 Å². The van der Waals surface area contributed by atoms with Crippen molar-refractivity contribution >= 4 is 116 Å². The fourth-order valence-electron chi connectivity index (χ4n) is 15.7. The topological polar surface area (TPSA) is 675 Å². The number of aliphatic hydroxyl groups excluding tert-OH is 1. The van der Waals surface area contributed by atoms with Crippen LogP contribution in [0.25, 0.3) is 21.8 Å². The van der Waals surface area contributed by atoms with E-state index in [-0.39, 0.29) is 173 Å². The van der Waals surface area contributed by atoms with Crippen molar-refractivity contribution in [3.8, 4) is 0 Å². The Kier molecular flexibility index (Phi) is 41.0. The van der Waals surface area contributed by atoms with Crippen molar-refractivity contribution in [1.29, 1.82) is 0 Å². The number of aliphatic hydroxyl groups is 1. The van der Waals surface area contributed by atoms with Gasteiger partial charge in [0.15, 0.2) is 11.9 Å². The highest BCUT2D eigenvalue weighted by molar-refractivity contribution is 6.02. The third-order valence-electron chi connectivity index (χ3n) is 22.5. The second-order valence-corrected chi connectivity index (χ2v) is 32.9. The standard InChI is InChI=1S/C84H134N26O15/c1-47(2)42-63-76(119)103-59(28-12-16-36-87)73(116)100-58(27-11-15-35-86)71(114)101-61(30-18-38-93-83(89)90)74(117)102-62(31-19-39-94-84(91)92)75(118)106-64(43-51-45-95-55-24-8-6-22-53(51)55)77(120)104-60(29-13-17-37-88)72(115)99-57(26-10-14-34-85)70(113)97-48(3)69(112)98-49(4)81(124)110-41-21-33-67(110)82(125)109-40-20-32-66(109)79(122)108-68(50(5)111)80(123)107-65(78(121)105-63)44-52-46-96-56-25-9-7-23-54(52)56/h6-9,22-25,45-50,57-68,95-96,111H,10-21,26-44,85-88H2,1-5H3,(H,97,113)(H,98,112)(H,99,115)(H,100,116)(H,101,114)(H,102,117)(H,103,119)(H,104,120)(H,105,121)(H,106,118)(H,107,123)(H,108,122)(H4,89,90,93)(H4,91,92,94)/t48-,49-,50+,57-,58-,59-,60-,61-,62-,63-,64-,65-,66-,67+,68-/m0/s1. The lowest BCUT2D eigenvalue weighted by molar-refractivity contribution is -0.148. The number of nitrogens with one attached hydrogen (secondary N) is 14. The van der Waals surface area contributed by atoms with Crippen molar-refractivity contribution in [3.05, 3.63) is 72.1 Å². The van der Waals surface area contributed by atoms with Gasteiger partial charge in [0, 0.05) is 73.2 Å². The van der Waals surface area contributed by atoms with Crippen LogP contribution < -0.4 is 110 Å². The number of nitrogens with zero attached hydrogens (tertiary/aromatic N) is 4. The van der Waals surface area contributed by atoms with Gasteiger partial charge in [-0.15, -0.1) is 0 Å². The van der Waals surface area contributed by atoms with Gasteiger partial charge in [-0.3, -0.25) is 77.1 Å². The summed E-state index contributed by atoms with van der Waals surface area (Å²) in [5.74, 6) is -12.6. The predicted molar refractivity (Wildman–Crippen MR) is 471 cm³/mol. The van der Waals surface area contributed by atoms with Crippen molar-refractivity contribution in [2.75, 3.05) is 52.4 Å². The number of para-hydroxylation sites is 2. The molecule has 2 aromatic heterocycles. The maximum atomic E-state index is 15.3. The quantitative estimate of drug-likeness (QED) is 0.0131. The van der Waals surface area contributed by atoms with E-state index >= 15 is 33.6 Å². The fourth-order valence-corrected chi connectivity index (χ4v) is 15.7. The molecule has 0 spiro atoms.